The van der Waals surface area contributed by atoms with Crippen LogP contribution in [0.1, 0.15) is 63.9 Å². The summed E-state index contributed by atoms with van der Waals surface area (Å²) in [7, 11) is 0. The van der Waals surface area contributed by atoms with Crippen molar-refractivity contribution in [2.75, 3.05) is 11.9 Å². The Labute approximate surface area is 205 Å². The molecule has 0 unspecified atom stereocenters. The average molecular weight is 472 g/mol. The fourth-order valence-electron chi connectivity index (χ4n) is 4.60. The van der Waals surface area contributed by atoms with Crippen LogP contribution in [0.5, 0.6) is 0 Å². The lowest BCUT2D eigenvalue weighted by Gasteiger charge is -2.20. The molecular weight excluding hydrogens is 438 g/mol. The Morgan fingerprint density at radius 2 is 1.91 bits per heavy atom. The minimum atomic E-state index is -0.121. The van der Waals surface area contributed by atoms with Crippen LogP contribution in [0.4, 0.5) is 11.6 Å². The third-order valence-electron chi connectivity index (χ3n) is 6.45. The van der Waals surface area contributed by atoms with Gasteiger partial charge < -0.3 is 10.6 Å². The van der Waals surface area contributed by atoms with Crippen molar-refractivity contribution >= 4 is 22.7 Å². The SMILES string of the molecule is CC(C)n1c(=O)c2cnc(Nc3ccc4c(c3)CNCCC4)nc2n1-c1ccnc(C(C)(C)C)c1. The van der Waals surface area contributed by atoms with Gasteiger partial charge in [0.1, 0.15) is 5.39 Å². The van der Waals surface area contributed by atoms with Crippen LogP contribution in [-0.2, 0) is 18.4 Å². The second-order valence-corrected chi connectivity index (χ2v) is 10.5. The van der Waals surface area contributed by atoms with Crippen LogP contribution in [0.15, 0.2) is 47.5 Å². The van der Waals surface area contributed by atoms with E-state index in [1.54, 1.807) is 17.1 Å². The Balaban J connectivity index is 1.61. The molecule has 2 N–H and O–H groups in total. The van der Waals surface area contributed by atoms with Gasteiger partial charge in [0, 0.05) is 41.8 Å². The van der Waals surface area contributed by atoms with Gasteiger partial charge in [-0.05, 0) is 68.6 Å². The number of nitrogens with zero attached hydrogens (tertiary/aromatic N) is 5. The molecule has 1 aliphatic heterocycles. The summed E-state index contributed by atoms with van der Waals surface area (Å²) >= 11 is 0. The van der Waals surface area contributed by atoms with Gasteiger partial charge >= 0.3 is 0 Å². The number of rotatable bonds is 4. The van der Waals surface area contributed by atoms with E-state index in [-0.39, 0.29) is 17.0 Å². The number of aryl methyl sites for hydroxylation is 1. The Hall–Kier alpha value is -3.52. The molecule has 4 heterocycles. The molecule has 0 fully saturated rings. The summed E-state index contributed by atoms with van der Waals surface area (Å²) < 4.78 is 3.63. The molecule has 0 atom stereocenters. The first-order chi connectivity index (χ1) is 16.7. The maximum Gasteiger partial charge on any atom is 0.278 e. The first-order valence-electron chi connectivity index (χ1n) is 12.3. The molecule has 0 aliphatic carbocycles. The molecule has 8 heteroatoms. The van der Waals surface area contributed by atoms with E-state index in [0.29, 0.717) is 17.0 Å². The van der Waals surface area contributed by atoms with Crippen molar-refractivity contribution in [2.24, 2.45) is 0 Å². The van der Waals surface area contributed by atoms with Crippen LogP contribution in [0.2, 0.25) is 0 Å². The Bertz CT molecular complexity index is 1440. The van der Waals surface area contributed by atoms with Gasteiger partial charge in [0.2, 0.25) is 5.95 Å². The van der Waals surface area contributed by atoms with Crippen LogP contribution < -0.4 is 16.2 Å². The van der Waals surface area contributed by atoms with Crippen LogP contribution in [-0.4, -0.2) is 30.9 Å². The second-order valence-electron chi connectivity index (χ2n) is 10.5. The summed E-state index contributed by atoms with van der Waals surface area (Å²) in [4.78, 5) is 27.2. The normalized spacial score (nSPS) is 14.2. The Morgan fingerprint density at radius 3 is 2.69 bits per heavy atom. The van der Waals surface area contributed by atoms with E-state index in [9.17, 15) is 4.79 Å². The van der Waals surface area contributed by atoms with Crippen molar-refractivity contribution in [3.63, 3.8) is 0 Å². The summed E-state index contributed by atoms with van der Waals surface area (Å²) in [5.41, 5.74) is 5.76. The molecule has 4 aromatic rings. The van der Waals surface area contributed by atoms with E-state index < -0.39 is 0 Å². The lowest BCUT2D eigenvalue weighted by molar-refractivity contribution is 0.474. The van der Waals surface area contributed by atoms with Gasteiger partial charge in [-0.2, -0.15) is 4.98 Å². The quantitative estimate of drug-likeness (QED) is 0.451. The average Bonchev–Trinajstić information content (AvgIpc) is 2.95. The predicted octanol–water partition coefficient (Wildman–Crippen LogP) is 4.64. The molecule has 3 aromatic heterocycles. The molecule has 0 bridgehead atoms. The molecule has 0 spiro atoms. The third kappa shape index (κ3) is 4.46. The van der Waals surface area contributed by atoms with E-state index in [1.807, 2.05) is 30.7 Å². The monoisotopic (exact) mass is 471 g/mol. The first kappa shape index (κ1) is 23.2. The van der Waals surface area contributed by atoms with E-state index in [0.717, 1.165) is 43.0 Å². The summed E-state index contributed by atoms with van der Waals surface area (Å²) in [6.07, 6.45) is 5.65. The van der Waals surface area contributed by atoms with E-state index in [2.05, 4.69) is 59.6 Å². The third-order valence-corrected chi connectivity index (χ3v) is 6.45. The van der Waals surface area contributed by atoms with E-state index >= 15 is 0 Å². The molecule has 5 rings (SSSR count). The fourth-order valence-corrected chi connectivity index (χ4v) is 4.60. The summed E-state index contributed by atoms with van der Waals surface area (Å²) in [6.45, 7) is 12.3. The molecular formula is C27H33N7O. The largest absolute Gasteiger partial charge is 0.324 e. The van der Waals surface area contributed by atoms with Crippen molar-refractivity contribution in [2.45, 2.75) is 65.5 Å². The van der Waals surface area contributed by atoms with Crippen LogP contribution >= 0.6 is 0 Å². The van der Waals surface area contributed by atoms with Gasteiger partial charge in [-0.3, -0.25) is 9.78 Å². The van der Waals surface area contributed by atoms with Gasteiger partial charge in [0.25, 0.3) is 5.56 Å². The molecule has 0 radical (unpaired) electrons. The van der Waals surface area contributed by atoms with Gasteiger partial charge in [-0.25, -0.2) is 14.3 Å². The molecule has 0 saturated heterocycles. The lowest BCUT2D eigenvalue weighted by Crippen LogP contribution is -2.24. The minimum Gasteiger partial charge on any atom is -0.324 e. The predicted molar refractivity (Wildman–Crippen MR) is 140 cm³/mol. The standard InChI is InChI=1S/C27H33N7O/c1-17(2)33-25(35)22-16-30-26(31-20-9-8-18-7-6-11-28-15-19(18)13-20)32-24(22)34(33)21-10-12-29-23(14-21)27(3,4)5/h8-10,12-14,16-17,28H,6-7,11,15H2,1-5H3,(H,30,31,32). The molecule has 182 valence electrons. The maximum atomic E-state index is 13.3. The molecule has 0 saturated carbocycles. The van der Waals surface area contributed by atoms with Crippen molar-refractivity contribution < 1.29 is 0 Å². The topological polar surface area (TPSA) is 89.7 Å². The van der Waals surface area contributed by atoms with Crippen molar-refractivity contribution in [3.8, 4) is 5.69 Å². The molecule has 1 aromatic carbocycles. The van der Waals surface area contributed by atoms with Gasteiger partial charge in [-0.15, -0.1) is 0 Å². The number of nitrogens with one attached hydrogen (secondary N) is 2. The lowest BCUT2D eigenvalue weighted by atomic mass is 9.91. The van der Waals surface area contributed by atoms with Crippen LogP contribution in [0.25, 0.3) is 16.7 Å². The highest BCUT2D eigenvalue weighted by Crippen LogP contribution is 2.26. The first-order valence-corrected chi connectivity index (χ1v) is 12.3. The zero-order valence-corrected chi connectivity index (χ0v) is 21.1. The number of fused-ring (bicyclic) bond motifs is 2. The minimum absolute atomic E-state index is 0.0589. The molecule has 0 amide bonds. The van der Waals surface area contributed by atoms with Gasteiger partial charge in [0.15, 0.2) is 5.65 Å². The van der Waals surface area contributed by atoms with Gasteiger partial charge in [-0.1, -0.05) is 26.8 Å². The van der Waals surface area contributed by atoms with Gasteiger partial charge in [0.05, 0.1) is 5.69 Å². The molecule has 8 nitrogen and oxygen atoms in total. The molecule has 1 aliphatic rings. The van der Waals surface area contributed by atoms with Crippen molar-refractivity contribution in [1.82, 2.24) is 29.6 Å². The zero-order chi connectivity index (χ0) is 24.7. The number of hydrogen-bond acceptors (Lipinski definition) is 6. The zero-order valence-electron chi connectivity index (χ0n) is 21.1. The number of hydrogen-bond donors (Lipinski definition) is 2. The fraction of sp³-hybridized carbons (Fsp3) is 0.407. The Morgan fingerprint density at radius 1 is 1.09 bits per heavy atom. The van der Waals surface area contributed by atoms with Crippen molar-refractivity contribution in [1.29, 1.82) is 0 Å². The van der Waals surface area contributed by atoms with Crippen LogP contribution in [0.3, 0.4) is 0 Å². The summed E-state index contributed by atoms with van der Waals surface area (Å²) in [5, 5.41) is 7.32. The highest BCUT2D eigenvalue weighted by molar-refractivity contribution is 5.77. The summed E-state index contributed by atoms with van der Waals surface area (Å²) in [6, 6.07) is 10.3. The van der Waals surface area contributed by atoms with Crippen LogP contribution in [0, 0.1) is 0 Å². The smallest absolute Gasteiger partial charge is 0.278 e. The van der Waals surface area contributed by atoms with E-state index in [4.69, 9.17) is 4.98 Å². The highest BCUT2D eigenvalue weighted by atomic mass is 16.1. The second kappa shape index (κ2) is 8.92. The number of aromatic nitrogens is 5. The number of pyridine rings is 1. The Kier molecular flexibility index (Phi) is 5.92. The number of benzene rings is 1. The highest BCUT2D eigenvalue weighted by Gasteiger charge is 2.22. The van der Waals surface area contributed by atoms with Crippen molar-refractivity contribution in [3.05, 3.63) is 69.9 Å². The molecule has 35 heavy (non-hydrogen) atoms. The summed E-state index contributed by atoms with van der Waals surface area (Å²) in [5.74, 6) is 0.457. The maximum absolute atomic E-state index is 13.3. The number of anilines is 2. The van der Waals surface area contributed by atoms with E-state index in [1.165, 1.54) is 11.1 Å².